The number of halogens is 2. The zero-order chi connectivity index (χ0) is 17.9. The largest absolute Gasteiger partial charge is 0.269 e. The maximum Gasteiger partial charge on any atom is 0.196 e. The van der Waals surface area contributed by atoms with Gasteiger partial charge in [0.05, 0.1) is 4.88 Å². The minimum Gasteiger partial charge on any atom is -0.269 e. The Bertz CT molecular complexity index is 1010. The number of rotatable bonds is 5. The van der Waals surface area contributed by atoms with Gasteiger partial charge in [-0.25, -0.2) is 0 Å². The third kappa shape index (κ3) is 3.67. The second kappa shape index (κ2) is 7.84. The molecule has 26 heavy (non-hydrogen) atoms. The second-order valence-corrected chi connectivity index (χ2v) is 8.21. The molecule has 0 atom stereocenters. The lowest BCUT2D eigenvalue weighted by Crippen LogP contribution is -1.98. The van der Waals surface area contributed by atoms with Gasteiger partial charge in [0.15, 0.2) is 11.0 Å². The van der Waals surface area contributed by atoms with Crippen molar-refractivity contribution >= 4 is 46.3 Å². The van der Waals surface area contributed by atoms with Crippen LogP contribution in [0.3, 0.4) is 0 Å². The molecular formula is C19H13Cl2N3S2. The predicted molar refractivity (Wildman–Crippen MR) is 111 cm³/mol. The topological polar surface area (TPSA) is 30.7 Å². The number of hydrogen-bond acceptors (Lipinski definition) is 4. The third-order valence-corrected chi connectivity index (χ3v) is 6.19. The van der Waals surface area contributed by atoms with Crippen LogP contribution in [0.25, 0.3) is 16.4 Å². The summed E-state index contributed by atoms with van der Waals surface area (Å²) in [6, 6.07) is 19.8. The van der Waals surface area contributed by atoms with Gasteiger partial charge in [0, 0.05) is 21.5 Å². The molecule has 2 heterocycles. The van der Waals surface area contributed by atoms with E-state index in [0.717, 1.165) is 27.1 Å². The van der Waals surface area contributed by atoms with Crippen molar-refractivity contribution in [2.75, 3.05) is 0 Å². The lowest BCUT2D eigenvalue weighted by atomic mass is 10.2. The molecule has 0 aliphatic heterocycles. The van der Waals surface area contributed by atoms with Gasteiger partial charge in [-0.1, -0.05) is 65.3 Å². The highest BCUT2D eigenvalue weighted by Gasteiger charge is 2.17. The Hall–Kier alpha value is -1.79. The average molecular weight is 418 g/mol. The molecule has 7 heteroatoms. The molecule has 0 spiro atoms. The highest BCUT2D eigenvalue weighted by molar-refractivity contribution is 7.98. The third-order valence-electron chi connectivity index (χ3n) is 3.76. The Labute approximate surface area is 169 Å². The van der Waals surface area contributed by atoms with Crippen LogP contribution in [-0.2, 0) is 5.75 Å². The fourth-order valence-corrected chi connectivity index (χ4v) is 4.73. The number of hydrogen-bond donors (Lipinski definition) is 0. The van der Waals surface area contributed by atoms with Crippen molar-refractivity contribution in [1.29, 1.82) is 0 Å². The van der Waals surface area contributed by atoms with Crippen LogP contribution in [0.4, 0.5) is 0 Å². The van der Waals surface area contributed by atoms with E-state index in [1.807, 2.05) is 41.8 Å². The van der Waals surface area contributed by atoms with Gasteiger partial charge >= 0.3 is 0 Å². The molecule has 4 rings (SSSR count). The smallest absolute Gasteiger partial charge is 0.196 e. The summed E-state index contributed by atoms with van der Waals surface area (Å²) in [7, 11) is 0. The average Bonchev–Trinajstić information content (AvgIpc) is 3.31. The fourth-order valence-electron chi connectivity index (χ4n) is 2.52. The van der Waals surface area contributed by atoms with Crippen LogP contribution in [0.1, 0.15) is 5.56 Å². The van der Waals surface area contributed by atoms with Crippen molar-refractivity contribution in [3.8, 4) is 16.4 Å². The summed E-state index contributed by atoms with van der Waals surface area (Å²) in [5, 5.41) is 13.0. The monoisotopic (exact) mass is 417 g/mol. The molecular weight excluding hydrogens is 405 g/mol. The molecule has 0 fully saturated rings. The van der Waals surface area contributed by atoms with E-state index in [2.05, 4.69) is 33.0 Å². The predicted octanol–water partition coefficient (Wildman–Crippen LogP) is 6.59. The van der Waals surface area contributed by atoms with Gasteiger partial charge in [-0.3, -0.25) is 4.57 Å². The van der Waals surface area contributed by atoms with Gasteiger partial charge in [-0.15, -0.1) is 21.5 Å². The van der Waals surface area contributed by atoms with E-state index < -0.39 is 0 Å². The quantitative estimate of drug-likeness (QED) is 0.342. The Morgan fingerprint density at radius 3 is 2.54 bits per heavy atom. The number of para-hydroxylation sites is 1. The normalized spacial score (nSPS) is 11.0. The first-order chi connectivity index (χ1) is 12.7. The van der Waals surface area contributed by atoms with Crippen LogP contribution in [0.5, 0.6) is 0 Å². The summed E-state index contributed by atoms with van der Waals surface area (Å²) in [4.78, 5) is 1.08. The lowest BCUT2D eigenvalue weighted by Gasteiger charge is -2.10. The zero-order valence-corrected chi connectivity index (χ0v) is 16.6. The molecule has 0 saturated carbocycles. The summed E-state index contributed by atoms with van der Waals surface area (Å²) >= 11 is 15.5. The molecule has 0 aliphatic rings. The van der Waals surface area contributed by atoms with Crippen molar-refractivity contribution in [3.05, 3.63) is 81.7 Å². The maximum atomic E-state index is 6.30. The molecule has 0 N–H and O–H groups in total. The van der Waals surface area contributed by atoms with Crippen molar-refractivity contribution in [3.63, 3.8) is 0 Å². The molecule has 0 bridgehead atoms. The van der Waals surface area contributed by atoms with Crippen LogP contribution in [-0.4, -0.2) is 14.8 Å². The number of nitrogens with zero attached hydrogens (tertiary/aromatic N) is 3. The molecule has 130 valence electrons. The fraction of sp³-hybridized carbons (Fsp3) is 0.0526. The summed E-state index contributed by atoms with van der Waals surface area (Å²) in [5.41, 5.74) is 2.05. The van der Waals surface area contributed by atoms with E-state index in [9.17, 15) is 0 Å². The molecule has 0 radical (unpaired) electrons. The summed E-state index contributed by atoms with van der Waals surface area (Å²) in [6.07, 6.45) is 0. The van der Waals surface area contributed by atoms with Crippen LogP contribution < -0.4 is 0 Å². The highest BCUT2D eigenvalue weighted by atomic mass is 35.5. The molecule has 0 amide bonds. The molecule has 2 aromatic carbocycles. The van der Waals surface area contributed by atoms with Crippen molar-refractivity contribution < 1.29 is 0 Å². The lowest BCUT2D eigenvalue weighted by molar-refractivity contribution is 0.886. The molecule has 0 aliphatic carbocycles. The minimum absolute atomic E-state index is 0.635. The van der Waals surface area contributed by atoms with E-state index >= 15 is 0 Å². The van der Waals surface area contributed by atoms with E-state index in [1.54, 1.807) is 29.2 Å². The minimum atomic E-state index is 0.635. The first-order valence-electron chi connectivity index (χ1n) is 7.84. The Balaban J connectivity index is 1.70. The van der Waals surface area contributed by atoms with Gasteiger partial charge in [0.1, 0.15) is 0 Å². The Kier molecular flexibility index (Phi) is 5.31. The van der Waals surface area contributed by atoms with Crippen LogP contribution in [0, 0.1) is 0 Å². The molecule has 2 aromatic heterocycles. The second-order valence-electron chi connectivity index (χ2n) is 5.48. The van der Waals surface area contributed by atoms with Crippen LogP contribution >= 0.6 is 46.3 Å². The standard InChI is InChI=1S/C19H13Cl2N3S2/c20-14-9-8-13(16(21)11-14)12-26-19-23-22-18(17-7-4-10-25-17)24(19)15-5-2-1-3-6-15/h1-11H,12H2. The molecule has 4 aromatic rings. The van der Waals surface area contributed by atoms with Crippen molar-refractivity contribution in [1.82, 2.24) is 14.8 Å². The van der Waals surface area contributed by atoms with Gasteiger partial charge in [0.25, 0.3) is 0 Å². The molecule has 0 unspecified atom stereocenters. The van der Waals surface area contributed by atoms with E-state index in [4.69, 9.17) is 23.2 Å². The van der Waals surface area contributed by atoms with Gasteiger partial charge < -0.3 is 0 Å². The van der Waals surface area contributed by atoms with Gasteiger partial charge in [-0.2, -0.15) is 0 Å². The Morgan fingerprint density at radius 1 is 0.962 bits per heavy atom. The number of thiophene rings is 1. The molecule has 0 saturated heterocycles. The van der Waals surface area contributed by atoms with Crippen molar-refractivity contribution in [2.24, 2.45) is 0 Å². The summed E-state index contributed by atoms with van der Waals surface area (Å²) in [5.74, 6) is 1.53. The van der Waals surface area contributed by atoms with Crippen LogP contribution in [0.15, 0.2) is 71.2 Å². The van der Waals surface area contributed by atoms with Crippen LogP contribution in [0.2, 0.25) is 10.0 Å². The van der Waals surface area contributed by atoms with E-state index in [0.29, 0.717) is 15.8 Å². The van der Waals surface area contributed by atoms with Gasteiger partial charge in [0.2, 0.25) is 0 Å². The number of aromatic nitrogens is 3. The highest BCUT2D eigenvalue weighted by Crippen LogP contribution is 2.33. The first-order valence-corrected chi connectivity index (χ1v) is 10.5. The summed E-state index contributed by atoms with van der Waals surface area (Å²) < 4.78 is 2.08. The van der Waals surface area contributed by atoms with Gasteiger partial charge in [-0.05, 0) is 41.3 Å². The van der Waals surface area contributed by atoms with E-state index in [-0.39, 0.29) is 0 Å². The summed E-state index contributed by atoms with van der Waals surface area (Å²) in [6.45, 7) is 0. The molecule has 3 nitrogen and oxygen atoms in total. The SMILES string of the molecule is Clc1ccc(CSc2nnc(-c3cccs3)n2-c2ccccc2)c(Cl)c1. The first kappa shape index (κ1) is 17.6. The van der Waals surface area contributed by atoms with E-state index in [1.165, 1.54) is 0 Å². The van der Waals surface area contributed by atoms with Crippen molar-refractivity contribution in [2.45, 2.75) is 10.9 Å². The Morgan fingerprint density at radius 2 is 1.81 bits per heavy atom. The number of benzene rings is 2. The zero-order valence-electron chi connectivity index (χ0n) is 13.5. The maximum absolute atomic E-state index is 6.30. The number of thioether (sulfide) groups is 1.